The third kappa shape index (κ3) is 4.55. The number of hydrogen-bond donors (Lipinski definition) is 3. The molecule has 0 aromatic heterocycles. The van der Waals surface area contributed by atoms with Gasteiger partial charge in [-0.25, -0.2) is 0 Å². The number of benzene rings is 1. The van der Waals surface area contributed by atoms with E-state index in [1.165, 1.54) is 0 Å². The van der Waals surface area contributed by atoms with Gasteiger partial charge >= 0.3 is 0 Å². The van der Waals surface area contributed by atoms with Crippen LogP contribution in [0, 0.1) is 5.41 Å². The summed E-state index contributed by atoms with van der Waals surface area (Å²) < 4.78 is 0. The average molecular weight is 270 g/mol. The zero-order valence-electron chi connectivity index (χ0n) is 10.8. The Labute approximate surface area is 113 Å². The number of oxime groups is 1. The Balaban J connectivity index is 2.35. The Kier molecular flexibility index (Phi) is 5.44. The van der Waals surface area contributed by atoms with E-state index in [9.17, 15) is 0 Å². The summed E-state index contributed by atoms with van der Waals surface area (Å²) in [5.74, 6) is 0.257. The van der Waals surface area contributed by atoms with Crippen LogP contribution in [0.15, 0.2) is 29.4 Å². The van der Waals surface area contributed by atoms with Gasteiger partial charge in [-0.05, 0) is 30.7 Å². The lowest BCUT2D eigenvalue weighted by Gasteiger charge is -2.22. The molecule has 0 heterocycles. The van der Waals surface area contributed by atoms with Gasteiger partial charge in [-0.3, -0.25) is 0 Å². The molecular weight excluding hydrogens is 250 g/mol. The molecule has 1 rings (SSSR count). The highest BCUT2D eigenvalue weighted by atomic mass is 35.5. The van der Waals surface area contributed by atoms with Crippen LogP contribution < -0.4 is 11.1 Å². The largest absolute Gasteiger partial charge is 0.409 e. The minimum atomic E-state index is -0.309. The van der Waals surface area contributed by atoms with Crippen LogP contribution >= 0.6 is 11.6 Å². The van der Waals surface area contributed by atoms with Crippen molar-refractivity contribution in [3.8, 4) is 0 Å². The lowest BCUT2D eigenvalue weighted by atomic mass is 9.88. The van der Waals surface area contributed by atoms with Crippen LogP contribution in [0.25, 0.3) is 0 Å². The van der Waals surface area contributed by atoms with Gasteiger partial charge in [0.2, 0.25) is 0 Å². The summed E-state index contributed by atoms with van der Waals surface area (Å²) in [5, 5.41) is 15.8. The Bertz CT molecular complexity index is 418. The van der Waals surface area contributed by atoms with Crippen molar-refractivity contribution >= 4 is 17.4 Å². The smallest absolute Gasteiger partial charge is 0.144 e. The van der Waals surface area contributed by atoms with Crippen LogP contribution in [0.1, 0.15) is 25.8 Å². The number of nitrogens with one attached hydrogen (secondary N) is 1. The zero-order chi connectivity index (χ0) is 13.6. The molecule has 0 unspecified atom stereocenters. The molecule has 0 amide bonds. The van der Waals surface area contributed by atoms with E-state index >= 15 is 0 Å². The normalized spacial score (nSPS) is 12.7. The van der Waals surface area contributed by atoms with Crippen LogP contribution in [0.2, 0.25) is 5.02 Å². The number of halogens is 1. The second-order valence-corrected chi connectivity index (χ2v) is 5.36. The first-order chi connectivity index (χ1) is 8.45. The number of amidine groups is 1. The van der Waals surface area contributed by atoms with E-state index < -0.39 is 0 Å². The lowest BCUT2D eigenvalue weighted by molar-refractivity contribution is 0.305. The maximum atomic E-state index is 8.66. The van der Waals surface area contributed by atoms with Crippen LogP contribution in [0.3, 0.4) is 0 Å². The maximum Gasteiger partial charge on any atom is 0.144 e. The fourth-order valence-electron chi connectivity index (χ4n) is 1.54. The highest BCUT2D eigenvalue weighted by Crippen LogP contribution is 2.19. The van der Waals surface area contributed by atoms with E-state index in [1.807, 2.05) is 38.1 Å². The van der Waals surface area contributed by atoms with Crippen molar-refractivity contribution in [3.05, 3.63) is 34.9 Å². The summed E-state index contributed by atoms with van der Waals surface area (Å²) in [6.45, 7) is 5.44. The molecule has 5 heteroatoms. The summed E-state index contributed by atoms with van der Waals surface area (Å²) in [4.78, 5) is 0. The monoisotopic (exact) mass is 269 g/mol. The molecule has 0 fully saturated rings. The average Bonchev–Trinajstić information content (AvgIpc) is 2.33. The van der Waals surface area contributed by atoms with Crippen LogP contribution in [0.4, 0.5) is 0 Å². The molecule has 18 heavy (non-hydrogen) atoms. The van der Waals surface area contributed by atoms with E-state index in [0.717, 1.165) is 30.1 Å². The summed E-state index contributed by atoms with van der Waals surface area (Å²) in [6.07, 6.45) is 0.795. The summed E-state index contributed by atoms with van der Waals surface area (Å²) in [5.41, 5.74) is 6.45. The van der Waals surface area contributed by atoms with E-state index in [4.69, 9.17) is 22.5 Å². The summed E-state index contributed by atoms with van der Waals surface area (Å²) in [7, 11) is 0. The van der Waals surface area contributed by atoms with Gasteiger partial charge in [-0.2, -0.15) is 0 Å². The topological polar surface area (TPSA) is 70.6 Å². The zero-order valence-corrected chi connectivity index (χ0v) is 11.5. The van der Waals surface area contributed by atoms with Gasteiger partial charge in [0, 0.05) is 17.0 Å². The molecule has 100 valence electrons. The van der Waals surface area contributed by atoms with Gasteiger partial charge in [-0.1, -0.05) is 42.7 Å². The van der Waals surface area contributed by atoms with E-state index in [-0.39, 0.29) is 11.3 Å². The molecule has 0 aliphatic rings. The minimum Gasteiger partial charge on any atom is -0.409 e. The summed E-state index contributed by atoms with van der Waals surface area (Å²) >= 11 is 5.90. The van der Waals surface area contributed by atoms with Crippen LogP contribution in [-0.4, -0.2) is 17.6 Å². The van der Waals surface area contributed by atoms with Crippen molar-refractivity contribution in [1.82, 2.24) is 5.32 Å². The fourth-order valence-corrected chi connectivity index (χ4v) is 1.76. The molecule has 0 saturated carbocycles. The Morgan fingerprint density at radius 2 is 2.22 bits per heavy atom. The second-order valence-electron chi connectivity index (χ2n) is 4.93. The highest BCUT2D eigenvalue weighted by molar-refractivity contribution is 6.30. The summed E-state index contributed by atoms with van der Waals surface area (Å²) in [6, 6.07) is 7.74. The highest BCUT2D eigenvalue weighted by Gasteiger charge is 2.22. The molecule has 0 aliphatic carbocycles. The van der Waals surface area contributed by atoms with Gasteiger partial charge in [0.05, 0.1) is 0 Å². The first-order valence-electron chi connectivity index (χ1n) is 5.89. The van der Waals surface area contributed by atoms with Crippen molar-refractivity contribution in [2.45, 2.75) is 26.8 Å². The predicted molar refractivity (Wildman–Crippen MR) is 75.0 cm³/mol. The van der Waals surface area contributed by atoms with Gasteiger partial charge in [0.25, 0.3) is 0 Å². The second kappa shape index (κ2) is 6.61. The molecule has 1 aromatic rings. The molecule has 0 aliphatic heterocycles. The first-order valence-corrected chi connectivity index (χ1v) is 6.26. The maximum absolute atomic E-state index is 8.66. The first kappa shape index (κ1) is 14.8. The van der Waals surface area contributed by atoms with Crippen LogP contribution in [0.5, 0.6) is 0 Å². The number of nitrogens with two attached hydrogens (primary N) is 1. The number of rotatable bonds is 6. The molecule has 0 bridgehead atoms. The van der Waals surface area contributed by atoms with E-state index in [0.29, 0.717) is 0 Å². The van der Waals surface area contributed by atoms with Gasteiger partial charge in [-0.15, -0.1) is 0 Å². The Hall–Kier alpha value is -1.26. The Morgan fingerprint density at radius 3 is 2.83 bits per heavy atom. The molecule has 0 spiro atoms. The van der Waals surface area contributed by atoms with E-state index in [1.54, 1.807) is 0 Å². The van der Waals surface area contributed by atoms with Crippen molar-refractivity contribution in [2.24, 2.45) is 16.3 Å². The molecule has 0 atom stereocenters. The van der Waals surface area contributed by atoms with Crippen molar-refractivity contribution in [3.63, 3.8) is 0 Å². The molecule has 0 radical (unpaired) electrons. The number of hydrogen-bond acceptors (Lipinski definition) is 3. The standard InChI is InChI=1S/C13H20ClN3O/c1-13(2,12(15)17-18)6-7-16-9-10-4-3-5-11(14)8-10/h3-5,8,16,18H,6-7,9H2,1-2H3,(H2,15,17). The van der Waals surface area contributed by atoms with E-state index in [2.05, 4.69) is 10.5 Å². The molecule has 1 aromatic carbocycles. The van der Waals surface area contributed by atoms with Crippen molar-refractivity contribution in [2.75, 3.05) is 6.54 Å². The number of nitrogens with zero attached hydrogens (tertiary/aromatic N) is 1. The van der Waals surface area contributed by atoms with Crippen molar-refractivity contribution < 1.29 is 5.21 Å². The lowest BCUT2D eigenvalue weighted by Crippen LogP contribution is -2.34. The van der Waals surface area contributed by atoms with Gasteiger partial charge in [0.1, 0.15) is 5.84 Å². The van der Waals surface area contributed by atoms with Crippen molar-refractivity contribution in [1.29, 1.82) is 0 Å². The van der Waals surface area contributed by atoms with Crippen LogP contribution in [-0.2, 0) is 6.54 Å². The third-order valence-electron chi connectivity index (χ3n) is 2.95. The molecule has 4 nitrogen and oxygen atoms in total. The minimum absolute atomic E-state index is 0.257. The fraction of sp³-hybridized carbons (Fsp3) is 0.462. The molecule has 0 saturated heterocycles. The van der Waals surface area contributed by atoms with Gasteiger partial charge < -0.3 is 16.3 Å². The molecular formula is C13H20ClN3O. The Morgan fingerprint density at radius 1 is 1.50 bits per heavy atom. The quantitative estimate of drug-likeness (QED) is 0.244. The SMILES string of the molecule is CC(C)(CCNCc1cccc(Cl)c1)C(N)=NO. The van der Waals surface area contributed by atoms with Gasteiger partial charge in [0.15, 0.2) is 0 Å². The molecule has 4 N–H and O–H groups in total. The third-order valence-corrected chi connectivity index (χ3v) is 3.18. The predicted octanol–water partition coefficient (Wildman–Crippen LogP) is 2.59.